The third-order valence-electron chi connectivity index (χ3n) is 3.02. The minimum absolute atomic E-state index is 0.599. The fourth-order valence-electron chi connectivity index (χ4n) is 2.35. The van der Waals surface area contributed by atoms with E-state index in [0.29, 0.717) is 5.41 Å². The van der Waals surface area contributed by atoms with E-state index >= 15 is 0 Å². The van der Waals surface area contributed by atoms with Crippen LogP contribution < -0.4 is 5.32 Å². The lowest BCUT2D eigenvalue weighted by molar-refractivity contribution is 0.186. The van der Waals surface area contributed by atoms with E-state index in [9.17, 15) is 0 Å². The van der Waals surface area contributed by atoms with Crippen molar-refractivity contribution in [3.63, 3.8) is 0 Å². The molecule has 0 unspecified atom stereocenters. The van der Waals surface area contributed by atoms with Crippen molar-refractivity contribution in [2.45, 2.75) is 39.0 Å². The van der Waals surface area contributed by atoms with Gasteiger partial charge in [0, 0.05) is 0 Å². The first kappa shape index (κ1) is 9.79. The number of allylic oxidation sites excluding steroid dienone is 1. The van der Waals surface area contributed by atoms with Gasteiger partial charge in [0.25, 0.3) is 0 Å². The molecule has 0 aromatic heterocycles. The van der Waals surface area contributed by atoms with Gasteiger partial charge in [0.05, 0.1) is 0 Å². The Hall–Kier alpha value is -0.300. The molecule has 1 nitrogen and oxygen atoms in total. The summed E-state index contributed by atoms with van der Waals surface area (Å²) < 4.78 is 0. The van der Waals surface area contributed by atoms with Crippen molar-refractivity contribution in [3.8, 4) is 0 Å². The lowest BCUT2D eigenvalue weighted by atomic mass is 9.73. The maximum absolute atomic E-state index is 3.86. The molecule has 0 atom stereocenters. The molecule has 0 amide bonds. The minimum atomic E-state index is 0.599. The summed E-state index contributed by atoms with van der Waals surface area (Å²) in [7, 11) is 0. The van der Waals surface area contributed by atoms with Gasteiger partial charge in [0.15, 0.2) is 0 Å². The molecule has 70 valence electrons. The van der Waals surface area contributed by atoms with Crippen LogP contribution in [-0.4, -0.2) is 13.1 Å². The van der Waals surface area contributed by atoms with E-state index in [2.05, 4.69) is 24.9 Å². The van der Waals surface area contributed by atoms with Crippen molar-refractivity contribution >= 4 is 0 Å². The summed E-state index contributed by atoms with van der Waals surface area (Å²) in [6, 6.07) is 0. The minimum Gasteiger partial charge on any atom is -0.317 e. The van der Waals surface area contributed by atoms with Crippen LogP contribution in [-0.2, 0) is 0 Å². The van der Waals surface area contributed by atoms with Crippen LogP contribution in [0.3, 0.4) is 0 Å². The standard InChI is InChI=1S/C11H21N/c1-3-5-11(6-4-2)7-9-12-10-8-11/h3,12H,1,4-10H2,2H3. The molecule has 0 spiro atoms. The second-order valence-corrected chi connectivity index (χ2v) is 3.99. The maximum atomic E-state index is 3.86. The second kappa shape index (κ2) is 4.66. The van der Waals surface area contributed by atoms with Gasteiger partial charge in [-0.15, -0.1) is 6.58 Å². The molecule has 1 rings (SSSR count). The largest absolute Gasteiger partial charge is 0.317 e. The first-order valence-corrected chi connectivity index (χ1v) is 5.14. The average molecular weight is 167 g/mol. The number of piperidine rings is 1. The topological polar surface area (TPSA) is 12.0 Å². The maximum Gasteiger partial charge on any atom is -0.00435 e. The summed E-state index contributed by atoms with van der Waals surface area (Å²) in [4.78, 5) is 0. The predicted octanol–water partition coefficient (Wildman–Crippen LogP) is 2.73. The summed E-state index contributed by atoms with van der Waals surface area (Å²) >= 11 is 0. The van der Waals surface area contributed by atoms with E-state index < -0.39 is 0 Å². The zero-order chi connectivity index (χ0) is 8.86. The molecule has 1 fully saturated rings. The van der Waals surface area contributed by atoms with Crippen LogP contribution in [0.15, 0.2) is 12.7 Å². The van der Waals surface area contributed by atoms with Crippen molar-refractivity contribution in [2.24, 2.45) is 5.41 Å². The first-order chi connectivity index (χ1) is 5.83. The van der Waals surface area contributed by atoms with Gasteiger partial charge >= 0.3 is 0 Å². The van der Waals surface area contributed by atoms with E-state index in [0.717, 1.165) is 0 Å². The smallest absolute Gasteiger partial charge is 0.00435 e. The van der Waals surface area contributed by atoms with Crippen LogP contribution in [0.4, 0.5) is 0 Å². The Morgan fingerprint density at radius 3 is 2.58 bits per heavy atom. The van der Waals surface area contributed by atoms with Crippen molar-refractivity contribution in [1.82, 2.24) is 5.32 Å². The zero-order valence-corrected chi connectivity index (χ0v) is 8.23. The van der Waals surface area contributed by atoms with Crippen molar-refractivity contribution in [3.05, 3.63) is 12.7 Å². The van der Waals surface area contributed by atoms with Gasteiger partial charge in [-0.1, -0.05) is 19.4 Å². The molecule has 1 saturated heterocycles. The van der Waals surface area contributed by atoms with Crippen LogP contribution >= 0.6 is 0 Å². The lowest BCUT2D eigenvalue weighted by Crippen LogP contribution is -2.36. The predicted molar refractivity (Wildman–Crippen MR) is 54.3 cm³/mol. The van der Waals surface area contributed by atoms with Crippen LogP contribution in [0.25, 0.3) is 0 Å². The van der Waals surface area contributed by atoms with Crippen LogP contribution in [0.2, 0.25) is 0 Å². The molecular weight excluding hydrogens is 146 g/mol. The number of hydrogen-bond acceptors (Lipinski definition) is 1. The highest BCUT2D eigenvalue weighted by atomic mass is 14.9. The Morgan fingerprint density at radius 1 is 1.42 bits per heavy atom. The van der Waals surface area contributed by atoms with Gasteiger partial charge in [-0.25, -0.2) is 0 Å². The second-order valence-electron chi connectivity index (χ2n) is 3.99. The van der Waals surface area contributed by atoms with Gasteiger partial charge in [-0.2, -0.15) is 0 Å². The third-order valence-corrected chi connectivity index (χ3v) is 3.02. The van der Waals surface area contributed by atoms with E-state index in [4.69, 9.17) is 0 Å². The average Bonchev–Trinajstić information content (AvgIpc) is 2.07. The fourth-order valence-corrected chi connectivity index (χ4v) is 2.35. The first-order valence-electron chi connectivity index (χ1n) is 5.14. The van der Waals surface area contributed by atoms with E-state index in [1.54, 1.807) is 0 Å². The fraction of sp³-hybridized carbons (Fsp3) is 0.818. The molecule has 1 aliphatic heterocycles. The molecule has 1 N–H and O–H groups in total. The van der Waals surface area contributed by atoms with Crippen LogP contribution in [0.5, 0.6) is 0 Å². The summed E-state index contributed by atoms with van der Waals surface area (Å²) in [6.45, 7) is 8.55. The number of hydrogen-bond donors (Lipinski definition) is 1. The Balaban J connectivity index is 2.49. The highest BCUT2D eigenvalue weighted by molar-refractivity contribution is 4.89. The highest BCUT2D eigenvalue weighted by Crippen LogP contribution is 2.37. The molecule has 0 aliphatic carbocycles. The third kappa shape index (κ3) is 2.34. The zero-order valence-electron chi connectivity index (χ0n) is 8.23. The molecule has 0 radical (unpaired) electrons. The van der Waals surface area contributed by atoms with Gasteiger partial charge < -0.3 is 5.32 Å². The van der Waals surface area contributed by atoms with Crippen molar-refractivity contribution < 1.29 is 0 Å². The van der Waals surface area contributed by atoms with Gasteiger partial charge in [0.1, 0.15) is 0 Å². The van der Waals surface area contributed by atoms with Gasteiger partial charge in [-0.05, 0) is 44.2 Å². The Morgan fingerprint density at radius 2 is 2.08 bits per heavy atom. The summed E-state index contributed by atoms with van der Waals surface area (Å²) in [5.41, 5.74) is 0.599. The van der Waals surface area contributed by atoms with Crippen LogP contribution in [0.1, 0.15) is 39.0 Å². The molecule has 0 aromatic rings. The van der Waals surface area contributed by atoms with Crippen molar-refractivity contribution in [1.29, 1.82) is 0 Å². The molecular formula is C11H21N. The monoisotopic (exact) mass is 167 g/mol. The lowest BCUT2D eigenvalue weighted by Gasteiger charge is -2.36. The molecule has 0 saturated carbocycles. The molecule has 0 bridgehead atoms. The van der Waals surface area contributed by atoms with Gasteiger partial charge in [-0.3, -0.25) is 0 Å². The number of rotatable bonds is 4. The Kier molecular flexibility index (Phi) is 3.80. The Bertz CT molecular complexity index is 128. The molecule has 0 aromatic carbocycles. The van der Waals surface area contributed by atoms with Gasteiger partial charge in [0.2, 0.25) is 0 Å². The highest BCUT2D eigenvalue weighted by Gasteiger charge is 2.29. The quantitative estimate of drug-likeness (QED) is 0.635. The normalized spacial score (nSPS) is 22.1. The van der Waals surface area contributed by atoms with Crippen molar-refractivity contribution in [2.75, 3.05) is 13.1 Å². The molecule has 1 aliphatic rings. The number of nitrogens with one attached hydrogen (secondary N) is 1. The van der Waals surface area contributed by atoms with E-state index in [1.165, 1.54) is 45.2 Å². The van der Waals surface area contributed by atoms with E-state index in [-0.39, 0.29) is 0 Å². The molecule has 12 heavy (non-hydrogen) atoms. The molecule has 1 heteroatoms. The summed E-state index contributed by atoms with van der Waals surface area (Å²) in [5.74, 6) is 0. The SMILES string of the molecule is C=CCC1(CCC)CCNCC1. The summed E-state index contributed by atoms with van der Waals surface area (Å²) in [5, 5.41) is 3.42. The van der Waals surface area contributed by atoms with E-state index in [1.807, 2.05) is 0 Å². The van der Waals surface area contributed by atoms with Crippen LogP contribution in [0, 0.1) is 5.41 Å². The Labute approximate surface area is 76.2 Å². The molecule has 1 heterocycles. The summed E-state index contributed by atoms with van der Waals surface area (Å²) in [6.07, 6.45) is 8.68.